The molecule has 1 aliphatic rings. The average molecular weight is 292 g/mol. The summed E-state index contributed by atoms with van der Waals surface area (Å²) in [5, 5.41) is 3.38. The highest BCUT2D eigenvalue weighted by Crippen LogP contribution is 2.48. The van der Waals surface area contributed by atoms with Gasteiger partial charge in [-0.15, -0.1) is 0 Å². The van der Waals surface area contributed by atoms with Gasteiger partial charge >= 0.3 is 5.97 Å². The molecule has 1 aromatic rings. The molecule has 21 heavy (non-hydrogen) atoms. The first-order valence-electron chi connectivity index (χ1n) is 7.40. The predicted molar refractivity (Wildman–Crippen MR) is 83.5 cm³/mol. The molecule has 1 aliphatic carbocycles. The Morgan fingerprint density at radius 3 is 2.81 bits per heavy atom. The van der Waals surface area contributed by atoms with Crippen LogP contribution in [0.4, 0.5) is 11.4 Å². The van der Waals surface area contributed by atoms with Gasteiger partial charge in [-0.3, -0.25) is 0 Å². The maximum Gasteiger partial charge on any atom is 0.340 e. The molecule has 1 saturated carbocycles. The van der Waals surface area contributed by atoms with Gasteiger partial charge in [0.05, 0.1) is 12.2 Å². The van der Waals surface area contributed by atoms with E-state index in [9.17, 15) is 4.79 Å². The van der Waals surface area contributed by atoms with Gasteiger partial charge in [-0.05, 0) is 49.8 Å². The second-order valence-electron chi connectivity index (χ2n) is 5.62. The summed E-state index contributed by atoms with van der Waals surface area (Å²) in [5.74, 6) is -0.339. The molecule has 0 heterocycles. The molecule has 1 aromatic carbocycles. The molecule has 0 unspecified atom stereocenters. The van der Waals surface area contributed by atoms with Gasteiger partial charge < -0.3 is 20.5 Å². The Morgan fingerprint density at radius 2 is 2.19 bits per heavy atom. The van der Waals surface area contributed by atoms with Crippen molar-refractivity contribution in [1.82, 2.24) is 0 Å². The molecule has 2 rings (SSSR count). The molecular weight excluding hydrogens is 268 g/mol. The number of hydrogen-bond donors (Lipinski definition) is 2. The zero-order valence-corrected chi connectivity index (χ0v) is 12.8. The van der Waals surface area contributed by atoms with Crippen molar-refractivity contribution in [3.63, 3.8) is 0 Å². The number of anilines is 2. The number of ether oxygens (including phenoxy) is 2. The van der Waals surface area contributed by atoms with Crippen molar-refractivity contribution in [3.8, 4) is 0 Å². The smallest absolute Gasteiger partial charge is 0.340 e. The zero-order chi connectivity index (χ0) is 15.3. The van der Waals surface area contributed by atoms with E-state index in [1.807, 2.05) is 6.07 Å². The van der Waals surface area contributed by atoms with Crippen LogP contribution < -0.4 is 11.1 Å². The van der Waals surface area contributed by atoms with Gasteiger partial charge in [-0.1, -0.05) is 0 Å². The van der Waals surface area contributed by atoms with Crippen LogP contribution >= 0.6 is 0 Å². The van der Waals surface area contributed by atoms with E-state index in [4.69, 9.17) is 15.2 Å². The van der Waals surface area contributed by atoms with Gasteiger partial charge in [-0.25, -0.2) is 4.79 Å². The Morgan fingerprint density at radius 1 is 1.43 bits per heavy atom. The Kier molecular flexibility index (Phi) is 5.07. The molecule has 116 valence electrons. The second-order valence-corrected chi connectivity index (χ2v) is 5.62. The summed E-state index contributed by atoms with van der Waals surface area (Å²) in [6.45, 7) is 3.76. The number of esters is 1. The quantitative estimate of drug-likeness (QED) is 0.569. The minimum absolute atomic E-state index is 0.309. The highest BCUT2D eigenvalue weighted by Gasteiger charge is 2.41. The predicted octanol–water partition coefficient (Wildman–Crippen LogP) is 2.67. The SMILES string of the molecule is CCOC(=O)c1cc(N)ccc1NCC1(CCOC)CC1. The standard InChI is InChI=1S/C16H24N2O3/c1-3-21-15(19)13-10-12(17)4-5-14(13)18-11-16(6-7-16)8-9-20-2/h4-5,10,18H,3,6-9,11,17H2,1-2H3. The number of nitrogen functional groups attached to an aromatic ring is 1. The minimum atomic E-state index is -0.339. The number of hydrogen-bond acceptors (Lipinski definition) is 5. The Labute approximate surface area is 125 Å². The molecule has 0 atom stereocenters. The van der Waals surface area contributed by atoms with Crippen LogP contribution in [0.2, 0.25) is 0 Å². The first-order chi connectivity index (χ1) is 10.1. The van der Waals surface area contributed by atoms with E-state index in [1.54, 1.807) is 26.2 Å². The molecule has 0 aliphatic heterocycles. The topological polar surface area (TPSA) is 73.6 Å². The number of nitrogens with one attached hydrogen (secondary N) is 1. The number of carbonyl (C=O) groups is 1. The van der Waals surface area contributed by atoms with Gasteiger partial charge in [0.25, 0.3) is 0 Å². The lowest BCUT2D eigenvalue weighted by Crippen LogP contribution is -2.19. The number of methoxy groups -OCH3 is 1. The molecule has 3 N–H and O–H groups in total. The van der Waals surface area contributed by atoms with Gasteiger partial charge in [0.1, 0.15) is 0 Å². The van der Waals surface area contributed by atoms with Gasteiger partial charge in [-0.2, -0.15) is 0 Å². The number of carbonyl (C=O) groups excluding carboxylic acids is 1. The fourth-order valence-electron chi connectivity index (χ4n) is 2.39. The number of rotatable bonds is 8. The van der Waals surface area contributed by atoms with Crippen LogP contribution in [-0.4, -0.2) is 32.8 Å². The molecular formula is C16H24N2O3. The Hall–Kier alpha value is -1.75. The van der Waals surface area contributed by atoms with Crippen LogP contribution in [0, 0.1) is 5.41 Å². The van der Waals surface area contributed by atoms with E-state index in [0.717, 1.165) is 25.3 Å². The summed E-state index contributed by atoms with van der Waals surface area (Å²) >= 11 is 0. The third-order valence-corrected chi connectivity index (χ3v) is 3.99. The third kappa shape index (κ3) is 4.11. The fourth-order valence-corrected chi connectivity index (χ4v) is 2.39. The maximum absolute atomic E-state index is 12.0. The van der Waals surface area contributed by atoms with Gasteiger partial charge in [0.2, 0.25) is 0 Å². The molecule has 1 fully saturated rings. The van der Waals surface area contributed by atoms with Crippen LogP contribution in [0.1, 0.15) is 36.5 Å². The zero-order valence-electron chi connectivity index (χ0n) is 12.8. The summed E-state index contributed by atoms with van der Waals surface area (Å²) in [6.07, 6.45) is 3.44. The van der Waals surface area contributed by atoms with Crippen molar-refractivity contribution in [3.05, 3.63) is 23.8 Å². The average Bonchev–Trinajstić information content (AvgIpc) is 3.24. The van der Waals surface area contributed by atoms with Crippen molar-refractivity contribution in [2.75, 3.05) is 37.9 Å². The van der Waals surface area contributed by atoms with Crippen molar-refractivity contribution >= 4 is 17.3 Å². The van der Waals surface area contributed by atoms with E-state index in [1.165, 1.54) is 12.8 Å². The molecule has 0 bridgehead atoms. The second kappa shape index (κ2) is 6.80. The molecule has 0 radical (unpaired) electrons. The molecule has 0 amide bonds. The number of benzene rings is 1. The molecule has 5 nitrogen and oxygen atoms in total. The van der Waals surface area contributed by atoms with E-state index >= 15 is 0 Å². The van der Waals surface area contributed by atoms with E-state index in [-0.39, 0.29) is 5.97 Å². The van der Waals surface area contributed by atoms with Gasteiger partial charge in [0, 0.05) is 31.6 Å². The lowest BCUT2D eigenvalue weighted by Gasteiger charge is -2.18. The highest BCUT2D eigenvalue weighted by atomic mass is 16.5. The molecule has 5 heteroatoms. The fraction of sp³-hybridized carbons (Fsp3) is 0.562. The monoisotopic (exact) mass is 292 g/mol. The highest BCUT2D eigenvalue weighted by molar-refractivity contribution is 5.96. The lowest BCUT2D eigenvalue weighted by molar-refractivity contribution is 0.0527. The van der Waals surface area contributed by atoms with Crippen LogP contribution in [0.3, 0.4) is 0 Å². The summed E-state index contributed by atoms with van der Waals surface area (Å²) in [4.78, 5) is 12.0. The normalized spacial score (nSPS) is 15.5. The largest absolute Gasteiger partial charge is 0.462 e. The van der Waals surface area contributed by atoms with E-state index in [0.29, 0.717) is 23.3 Å². The van der Waals surface area contributed by atoms with Crippen LogP contribution in [-0.2, 0) is 9.47 Å². The van der Waals surface area contributed by atoms with Crippen LogP contribution in [0.15, 0.2) is 18.2 Å². The summed E-state index contributed by atoms with van der Waals surface area (Å²) in [7, 11) is 1.72. The van der Waals surface area contributed by atoms with E-state index < -0.39 is 0 Å². The van der Waals surface area contributed by atoms with E-state index in [2.05, 4.69) is 5.32 Å². The lowest BCUT2D eigenvalue weighted by atomic mass is 10.0. The summed E-state index contributed by atoms with van der Waals surface area (Å²) < 4.78 is 10.2. The van der Waals surface area contributed by atoms with Crippen LogP contribution in [0.25, 0.3) is 0 Å². The van der Waals surface area contributed by atoms with Crippen molar-refractivity contribution < 1.29 is 14.3 Å². The summed E-state index contributed by atoms with van der Waals surface area (Å²) in [6, 6.07) is 5.29. The third-order valence-electron chi connectivity index (χ3n) is 3.99. The van der Waals surface area contributed by atoms with Gasteiger partial charge in [0.15, 0.2) is 0 Å². The first kappa shape index (κ1) is 15.6. The molecule has 0 saturated heterocycles. The van der Waals surface area contributed by atoms with Crippen molar-refractivity contribution in [2.24, 2.45) is 5.41 Å². The first-order valence-corrected chi connectivity index (χ1v) is 7.40. The Bertz CT molecular complexity index is 498. The maximum atomic E-state index is 12.0. The number of nitrogens with two attached hydrogens (primary N) is 1. The van der Waals surface area contributed by atoms with Crippen molar-refractivity contribution in [1.29, 1.82) is 0 Å². The van der Waals surface area contributed by atoms with Crippen LogP contribution in [0.5, 0.6) is 0 Å². The summed E-state index contributed by atoms with van der Waals surface area (Å²) in [5.41, 5.74) is 7.92. The minimum Gasteiger partial charge on any atom is -0.462 e. The molecule has 0 spiro atoms. The molecule has 0 aromatic heterocycles. The van der Waals surface area contributed by atoms with Crippen molar-refractivity contribution in [2.45, 2.75) is 26.2 Å². The Balaban J connectivity index is 2.04.